The summed E-state index contributed by atoms with van der Waals surface area (Å²) in [5.74, 6) is 4.49. The minimum Gasteiger partial charge on any atom is -0.446 e. The first-order valence-corrected chi connectivity index (χ1v) is 19.2. The lowest BCUT2D eigenvalue weighted by Gasteiger charge is -2.61. The van der Waals surface area contributed by atoms with Crippen LogP contribution < -0.4 is 0 Å². The predicted octanol–water partition coefficient (Wildman–Crippen LogP) is 8.41. The summed E-state index contributed by atoms with van der Waals surface area (Å²) in [5.41, 5.74) is 2.00. The number of piperazine rings is 1. The fourth-order valence-electron chi connectivity index (χ4n) is 12.5. The van der Waals surface area contributed by atoms with Crippen molar-refractivity contribution in [2.75, 3.05) is 32.8 Å². The molecule has 0 aromatic heterocycles. The van der Waals surface area contributed by atoms with E-state index in [4.69, 9.17) is 25.8 Å². The van der Waals surface area contributed by atoms with Gasteiger partial charge in [0.2, 0.25) is 0 Å². The Morgan fingerprint density at radius 3 is 2.41 bits per heavy atom. The summed E-state index contributed by atoms with van der Waals surface area (Å²) in [6.07, 6.45) is 12.5. The van der Waals surface area contributed by atoms with Gasteiger partial charge in [0.15, 0.2) is 5.79 Å². The molecule has 7 heteroatoms. The Kier molecular flexibility index (Phi) is 8.26. The fourth-order valence-corrected chi connectivity index (χ4v) is 12.6. The third-order valence-corrected chi connectivity index (χ3v) is 15.4. The number of nitrogens with zero attached hydrogens (tertiary/aromatic N) is 2. The van der Waals surface area contributed by atoms with Crippen LogP contribution in [0.15, 0.2) is 24.3 Å². The molecular weight excluding hydrogens is 596 g/mol. The lowest BCUT2D eigenvalue weighted by Crippen LogP contribution is -2.55. The van der Waals surface area contributed by atoms with E-state index in [9.17, 15) is 4.79 Å². The molecule has 7 fully saturated rings. The van der Waals surface area contributed by atoms with E-state index < -0.39 is 0 Å². The molecule has 4 aliphatic carbocycles. The Labute approximate surface area is 282 Å². The van der Waals surface area contributed by atoms with E-state index in [1.54, 1.807) is 0 Å². The van der Waals surface area contributed by atoms with Crippen LogP contribution in [0.2, 0.25) is 5.02 Å². The number of amides is 1. The normalized spacial score (nSPS) is 47.2. The Morgan fingerprint density at radius 1 is 0.913 bits per heavy atom. The Balaban J connectivity index is 0.860. The summed E-state index contributed by atoms with van der Waals surface area (Å²) >= 11 is 6.05. The van der Waals surface area contributed by atoms with E-state index in [-0.39, 0.29) is 18.0 Å². The first-order valence-electron chi connectivity index (χ1n) is 18.8. The number of carbonyl (C=O) groups is 1. The van der Waals surface area contributed by atoms with Crippen molar-refractivity contribution in [3.63, 3.8) is 0 Å². The van der Waals surface area contributed by atoms with Gasteiger partial charge in [-0.3, -0.25) is 4.90 Å². The monoisotopic (exact) mass is 652 g/mol. The van der Waals surface area contributed by atoms with Crippen molar-refractivity contribution < 1.29 is 19.0 Å². The zero-order chi connectivity index (χ0) is 31.8. The molecule has 3 saturated heterocycles. The minimum atomic E-state index is -0.322. The third-order valence-electron chi connectivity index (χ3n) is 15.1. The average molecular weight is 653 g/mol. The molecule has 4 saturated carbocycles. The van der Waals surface area contributed by atoms with Crippen LogP contribution in [0.25, 0.3) is 0 Å². The average Bonchev–Trinajstić information content (AvgIpc) is 3.49. The number of fused-ring (bicyclic) bond motifs is 7. The van der Waals surface area contributed by atoms with Crippen LogP contribution in [0.3, 0.4) is 0 Å². The summed E-state index contributed by atoms with van der Waals surface area (Å²) in [4.78, 5) is 17.7. The lowest BCUT2D eigenvalue weighted by atomic mass is 9.44. The number of hydrogen-bond donors (Lipinski definition) is 0. The maximum Gasteiger partial charge on any atom is 0.410 e. The molecule has 1 aromatic carbocycles. The molecule has 3 aliphatic heterocycles. The second-order valence-corrected chi connectivity index (χ2v) is 17.8. The molecule has 46 heavy (non-hydrogen) atoms. The van der Waals surface area contributed by atoms with Crippen molar-refractivity contribution >= 4 is 17.7 Å². The van der Waals surface area contributed by atoms with E-state index in [2.05, 4.69) is 44.7 Å². The standard InChI is InChI=1S/C39H57ClN2O4/c1-25-11-16-39(44-24-25)26(2)35-34(46-39)22-33-31-10-7-28-21-30(12-14-37(28,3)32(31)13-15-38(33,35)4)45-36(43)42-19-17-41(18-20-42)23-27-5-8-29(40)9-6-27/h5-6,8-9,25-26,28,30-35H,7,10-24H2,1-4H3/t25-,26+,28-,30+,31-,32+,33+,34+,35+,37+,38+,39-/m1/s1. The summed E-state index contributed by atoms with van der Waals surface area (Å²) in [5, 5.41) is 0.771. The molecule has 0 N–H and O–H groups in total. The zero-order valence-electron chi connectivity index (χ0n) is 28.7. The van der Waals surface area contributed by atoms with E-state index in [0.717, 1.165) is 81.4 Å². The molecule has 1 amide bonds. The van der Waals surface area contributed by atoms with Crippen LogP contribution in [0.5, 0.6) is 0 Å². The zero-order valence-corrected chi connectivity index (χ0v) is 29.5. The molecule has 1 spiro atoms. The third kappa shape index (κ3) is 5.26. The fraction of sp³-hybridized carbons (Fsp3) is 0.821. The number of ether oxygens (including phenoxy) is 3. The molecule has 6 nitrogen and oxygen atoms in total. The van der Waals surface area contributed by atoms with Crippen LogP contribution in [-0.2, 0) is 20.8 Å². The predicted molar refractivity (Wildman–Crippen MR) is 180 cm³/mol. The number of halogens is 1. The number of carbonyl (C=O) groups excluding carboxylic acids is 1. The topological polar surface area (TPSA) is 51.2 Å². The van der Waals surface area contributed by atoms with Gasteiger partial charge >= 0.3 is 6.09 Å². The highest BCUT2D eigenvalue weighted by atomic mass is 35.5. The molecule has 7 aliphatic rings. The van der Waals surface area contributed by atoms with Crippen LogP contribution >= 0.6 is 11.6 Å². The molecule has 1 aromatic rings. The number of benzene rings is 1. The SMILES string of the molecule is C[C@@H]1CC[C@@]2(OC1)O[C@H]1C[C@H]3[C@@H]4CC[C@@H]5C[C@@H](OC(=O)N6CCN(Cc7ccc(Cl)cc7)CC6)CC[C@]5(C)[C@H]4CC[C@]3(C)[C@H]1[C@@H]2C. The maximum absolute atomic E-state index is 13.3. The molecule has 12 atom stereocenters. The van der Waals surface area contributed by atoms with E-state index in [1.807, 2.05) is 17.0 Å². The van der Waals surface area contributed by atoms with E-state index >= 15 is 0 Å². The van der Waals surface area contributed by atoms with E-state index in [0.29, 0.717) is 40.6 Å². The van der Waals surface area contributed by atoms with Gasteiger partial charge in [-0.25, -0.2) is 4.79 Å². The van der Waals surface area contributed by atoms with Crippen molar-refractivity contribution in [3.8, 4) is 0 Å². The van der Waals surface area contributed by atoms with Gasteiger partial charge in [-0.05, 0) is 122 Å². The van der Waals surface area contributed by atoms with Gasteiger partial charge in [0.05, 0.1) is 12.7 Å². The lowest BCUT2D eigenvalue weighted by molar-refractivity contribution is -0.273. The van der Waals surface area contributed by atoms with Crippen molar-refractivity contribution in [3.05, 3.63) is 34.9 Å². The Bertz CT molecular complexity index is 1280. The number of hydrogen-bond acceptors (Lipinski definition) is 5. The summed E-state index contributed by atoms with van der Waals surface area (Å²) in [6, 6.07) is 8.09. The molecule has 3 heterocycles. The first-order chi connectivity index (χ1) is 22.1. The second-order valence-electron chi connectivity index (χ2n) is 17.3. The maximum atomic E-state index is 13.3. The van der Waals surface area contributed by atoms with Crippen molar-refractivity contribution in [1.82, 2.24) is 9.80 Å². The minimum absolute atomic E-state index is 0.0672. The first kappa shape index (κ1) is 31.9. The highest BCUT2D eigenvalue weighted by Gasteiger charge is 2.69. The molecule has 254 valence electrons. The molecule has 0 unspecified atom stereocenters. The van der Waals surface area contributed by atoms with Crippen LogP contribution in [0.1, 0.15) is 97.5 Å². The summed E-state index contributed by atoms with van der Waals surface area (Å²) in [7, 11) is 0. The van der Waals surface area contributed by atoms with Gasteiger partial charge in [-0.1, -0.05) is 51.4 Å². The van der Waals surface area contributed by atoms with Crippen molar-refractivity contribution in [1.29, 1.82) is 0 Å². The largest absolute Gasteiger partial charge is 0.446 e. The summed E-state index contributed by atoms with van der Waals surface area (Å²) in [6.45, 7) is 15.0. The van der Waals surface area contributed by atoms with Gasteiger partial charge in [0.1, 0.15) is 6.10 Å². The second kappa shape index (κ2) is 11.9. The Hall–Kier alpha value is -1.34. The van der Waals surface area contributed by atoms with Gasteiger partial charge in [0.25, 0.3) is 0 Å². The molecule has 0 bridgehead atoms. The van der Waals surface area contributed by atoms with Crippen LogP contribution in [0, 0.1) is 52.3 Å². The van der Waals surface area contributed by atoms with Crippen molar-refractivity contribution in [2.24, 2.45) is 52.3 Å². The quantitative estimate of drug-likeness (QED) is 0.328. The molecule has 0 radical (unpaired) electrons. The van der Waals surface area contributed by atoms with Gasteiger partial charge in [-0.2, -0.15) is 0 Å². The van der Waals surface area contributed by atoms with Gasteiger partial charge in [-0.15, -0.1) is 0 Å². The van der Waals surface area contributed by atoms with Crippen LogP contribution in [0.4, 0.5) is 4.79 Å². The Morgan fingerprint density at radius 2 is 1.67 bits per heavy atom. The van der Waals surface area contributed by atoms with Crippen molar-refractivity contribution in [2.45, 2.75) is 116 Å². The van der Waals surface area contributed by atoms with Crippen LogP contribution in [-0.4, -0.2) is 66.7 Å². The van der Waals surface area contributed by atoms with Gasteiger partial charge in [0, 0.05) is 50.1 Å². The smallest absolute Gasteiger partial charge is 0.410 e. The molecule has 8 rings (SSSR count). The summed E-state index contributed by atoms with van der Waals surface area (Å²) < 4.78 is 19.8. The highest BCUT2D eigenvalue weighted by molar-refractivity contribution is 6.30. The van der Waals surface area contributed by atoms with Gasteiger partial charge < -0.3 is 19.1 Å². The van der Waals surface area contributed by atoms with E-state index in [1.165, 1.54) is 50.5 Å². The number of rotatable bonds is 3. The highest BCUT2D eigenvalue weighted by Crippen LogP contribution is 2.71. The molecular formula is C39H57ClN2O4.